The van der Waals surface area contributed by atoms with Gasteiger partial charge in [-0.05, 0) is 52.7 Å². The number of pyridine rings is 1. The molecular formula is C14H15BrFN3. The predicted octanol–water partition coefficient (Wildman–Crippen LogP) is 4.55. The van der Waals surface area contributed by atoms with Crippen molar-refractivity contribution < 1.29 is 4.39 Å². The molecule has 0 saturated heterocycles. The van der Waals surface area contributed by atoms with Gasteiger partial charge in [0.15, 0.2) is 0 Å². The van der Waals surface area contributed by atoms with Gasteiger partial charge in [-0.3, -0.25) is 0 Å². The van der Waals surface area contributed by atoms with E-state index in [4.69, 9.17) is 0 Å². The zero-order chi connectivity index (χ0) is 13.7. The third-order valence-corrected chi connectivity index (χ3v) is 3.10. The molecule has 5 heteroatoms. The molecule has 0 spiro atoms. The predicted molar refractivity (Wildman–Crippen MR) is 80.4 cm³/mol. The normalized spacial score (nSPS) is 10.3. The van der Waals surface area contributed by atoms with E-state index >= 15 is 0 Å². The minimum Gasteiger partial charge on any atom is -0.370 e. The first-order chi connectivity index (χ1) is 9.19. The van der Waals surface area contributed by atoms with Crippen LogP contribution in [-0.2, 0) is 0 Å². The Labute approximate surface area is 120 Å². The highest BCUT2D eigenvalue weighted by Crippen LogP contribution is 2.22. The zero-order valence-corrected chi connectivity index (χ0v) is 12.2. The highest BCUT2D eigenvalue weighted by molar-refractivity contribution is 9.10. The van der Waals surface area contributed by atoms with Gasteiger partial charge < -0.3 is 10.6 Å². The van der Waals surface area contributed by atoms with E-state index in [-0.39, 0.29) is 5.82 Å². The molecule has 2 rings (SSSR count). The van der Waals surface area contributed by atoms with Crippen LogP contribution in [0.5, 0.6) is 0 Å². The van der Waals surface area contributed by atoms with Gasteiger partial charge in [-0.25, -0.2) is 9.37 Å². The Bertz CT molecular complexity index is 560. The summed E-state index contributed by atoms with van der Waals surface area (Å²) in [6.07, 6.45) is 1.05. The quantitative estimate of drug-likeness (QED) is 0.847. The van der Waals surface area contributed by atoms with Crippen LogP contribution in [0.4, 0.5) is 21.7 Å². The van der Waals surface area contributed by atoms with Gasteiger partial charge in [0.05, 0.1) is 4.47 Å². The van der Waals surface area contributed by atoms with Crippen molar-refractivity contribution in [2.45, 2.75) is 13.3 Å². The van der Waals surface area contributed by atoms with Crippen LogP contribution >= 0.6 is 15.9 Å². The van der Waals surface area contributed by atoms with Crippen LogP contribution in [0.15, 0.2) is 40.9 Å². The first-order valence-electron chi connectivity index (χ1n) is 6.12. The largest absolute Gasteiger partial charge is 0.370 e. The maximum absolute atomic E-state index is 13.1. The van der Waals surface area contributed by atoms with Gasteiger partial charge in [0.25, 0.3) is 0 Å². The molecular weight excluding hydrogens is 309 g/mol. The standard InChI is InChI=1S/C14H15BrFN3/c1-2-8-17-13-4-3-5-14(19-13)18-10-6-7-12(16)11(15)9-10/h3-7,9H,2,8H2,1H3,(H2,17,18,19). The summed E-state index contributed by atoms with van der Waals surface area (Å²) < 4.78 is 13.6. The van der Waals surface area contributed by atoms with Gasteiger partial charge in [0.1, 0.15) is 17.5 Å². The van der Waals surface area contributed by atoms with Gasteiger partial charge in [-0.15, -0.1) is 0 Å². The number of nitrogens with one attached hydrogen (secondary N) is 2. The molecule has 0 saturated carbocycles. The average Bonchev–Trinajstić information content (AvgIpc) is 2.41. The first kappa shape index (κ1) is 13.8. The molecule has 0 bridgehead atoms. The number of nitrogens with zero attached hydrogens (tertiary/aromatic N) is 1. The third-order valence-electron chi connectivity index (χ3n) is 2.50. The summed E-state index contributed by atoms with van der Waals surface area (Å²) in [6, 6.07) is 10.5. The fourth-order valence-corrected chi connectivity index (χ4v) is 1.96. The van der Waals surface area contributed by atoms with E-state index in [0.717, 1.165) is 30.3 Å². The number of benzene rings is 1. The monoisotopic (exact) mass is 323 g/mol. The van der Waals surface area contributed by atoms with Crippen molar-refractivity contribution in [1.29, 1.82) is 0 Å². The molecule has 3 nitrogen and oxygen atoms in total. The lowest BCUT2D eigenvalue weighted by Gasteiger charge is -2.09. The fraction of sp³-hybridized carbons (Fsp3) is 0.214. The van der Waals surface area contributed by atoms with Crippen molar-refractivity contribution in [3.63, 3.8) is 0 Å². The lowest BCUT2D eigenvalue weighted by Crippen LogP contribution is -2.03. The minimum atomic E-state index is -0.281. The second kappa shape index (κ2) is 6.52. The Morgan fingerprint density at radius 2 is 2.00 bits per heavy atom. The van der Waals surface area contributed by atoms with Crippen molar-refractivity contribution in [1.82, 2.24) is 4.98 Å². The van der Waals surface area contributed by atoms with Gasteiger partial charge in [-0.1, -0.05) is 13.0 Å². The summed E-state index contributed by atoms with van der Waals surface area (Å²) in [4.78, 5) is 4.43. The molecule has 1 aromatic carbocycles. The second-order valence-electron chi connectivity index (χ2n) is 4.09. The molecule has 0 radical (unpaired) electrons. The summed E-state index contributed by atoms with van der Waals surface area (Å²) in [5, 5.41) is 6.36. The van der Waals surface area contributed by atoms with Crippen molar-refractivity contribution in [2.24, 2.45) is 0 Å². The molecule has 2 N–H and O–H groups in total. The van der Waals surface area contributed by atoms with E-state index in [1.165, 1.54) is 6.07 Å². The Balaban J connectivity index is 2.11. The lowest BCUT2D eigenvalue weighted by atomic mass is 10.3. The smallest absolute Gasteiger partial charge is 0.137 e. The van der Waals surface area contributed by atoms with Gasteiger partial charge in [-0.2, -0.15) is 0 Å². The minimum absolute atomic E-state index is 0.281. The van der Waals surface area contributed by atoms with Crippen LogP contribution < -0.4 is 10.6 Å². The van der Waals surface area contributed by atoms with Crippen molar-refractivity contribution in [3.8, 4) is 0 Å². The number of hydrogen-bond acceptors (Lipinski definition) is 3. The summed E-state index contributed by atoms with van der Waals surface area (Å²) in [7, 11) is 0. The SMILES string of the molecule is CCCNc1cccc(Nc2ccc(F)c(Br)c2)n1. The van der Waals surface area contributed by atoms with Crippen LogP contribution in [0.2, 0.25) is 0 Å². The van der Waals surface area contributed by atoms with Crippen molar-refractivity contribution in [2.75, 3.05) is 17.2 Å². The zero-order valence-electron chi connectivity index (χ0n) is 10.6. The van der Waals surface area contributed by atoms with Crippen LogP contribution in [-0.4, -0.2) is 11.5 Å². The van der Waals surface area contributed by atoms with E-state index in [2.05, 4.69) is 38.5 Å². The van der Waals surface area contributed by atoms with E-state index < -0.39 is 0 Å². The Kier molecular flexibility index (Phi) is 4.74. The molecule has 2 aromatic rings. The van der Waals surface area contributed by atoms with Crippen molar-refractivity contribution >= 4 is 33.3 Å². The number of aromatic nitrogens is 1. The van der Waals surface area contributed by atoms with Crippen LogP contribution in [0.1, 0.15) is 13.3 Å². The molecule has 0 amide bonds. The number of anilines is 3. The van der Waals surface area contributed by atoms with Crippen molar-refractivity contribution in [3.05, 3.63) is 46.7 Å². The molecule has 0 unspecified atom stereocenters. The molecule has 1 aromatic heterocycles. The molecule has 0 atom stereocenters. The Morgan fingerprint density at radius 3 is 2.74 bits per heavy atom. The topological polar surface area (TPSA) is 37.0 Å². The Morgan fingerprint density at radius 1 is 1.21 bits per heavy atom. The van der Waals surface area contributed by atoms with E-state index in [0.29, 0.717) is 4.47 Å². The van der Waals surface area contributed by atoms with Crippen LogP contribution in [0.3, 0.4) is 0 Å². The maximum atomic E-state index is 13.1. The molecule has 19 heavy (non-hydrogen) atoms. The highest BCUT2D eigenvalue weighted by atomic mass is 79.9. The van der Waals surface area contributed by atoms with E-state index in [9.17, 15) is 4.39 Å². The summed E-state index contributed by atoms with van der Waals surface area (Å²) in [6.45, 7) is 2.99. The second-order valence-corrected chi connectivity index (χ2v) is 4.94. The highest BCUT2D eigenvalue weighted by Gasteiger charge is 2.02. The van der Waals surface area contributed by atoms with E-state index in [1.54, 1.807) is 12.1 Å². The van der Waals surface area contributed by atoms with Gasteiger partial charge >= 0.3 is 0 Å². The first-order valence-corrected chi connectivity index (χ1v) is 6.91. The maximum Gasteiger partial charge on any atom is 0.137 e. The molecule has 1 heterocycles. The van der Waals surface area contributed by atoms with Gasteiger partial charge in [0, 0.05) is 12.2 Å². The summed E-state index contributed by atoms with van der Waals surface area (Å²) in [5.41, 5.74) is 0.786. The van der Waals surface area contributed by atoms with E-state index in [1.807, 2.05) is 18.2 Å². The number of halogens is 2. The molecule has 0 aliphatic heterocycles. The molecule has 0 fully saturated rings. The third kappa shape index (κ3) is 3.92. The Hall–Kier alpha value is -1.62. The summed E-state index contributed by atoms with van der Waals surface area (Å²) >= 11 is 3.16. The number of hydrogen-bond donors (Lipinski definition) is 2. The molecule has 0 aliphatic rings. The lowest BCUT2D eigenvalue weighted by molar-refractivity contribution is 0.621. The molecule has 0 aliphatic carbocycles. The van der Waals surface area contributed by atoms with Gasteiger partial charge in [0.2, 0.25) is 0 Å². The van der Waals surface area contributed by atoms with Crippen LogP contribution in [0, 0.1) is 5.82 Å². The molecule has 100 valence electrons. The number of rotatable bonds is 5. The fourth-order valence-electron chi connectivity index (χ4n) is 1.58. The van der Waals surface area contributed by atoms with Crippen LogP contribution in [0.25, 0.3) is 0 Å². The average molecular weight is 324 g/mol. The summed E-state index contributed by atoms with van der Waals surface area (Å²) in [5.74, 6) is 1.27.